The minimum absolute atomic E-state index is 0.285. The van der Waals surface area contributed by atoms with E-state index in [0.29, 0.717) is 5.56 Å². The lowest BCUT2D eigenvalue weighted by molar-refractivity contribution is 0.102. The number of pyridine rings is 1. The van der Waals surface area contributed by atoms with Gasteiger partial charge in [-0.1, -0.05) is 6.07 Å². The summed E-state index contributed by atoms with van der Waals surface area (Å²) in [7, 11) is 0. The number of hydrogen-bond donors (Lipinski definition) is 1. The Kier molecular flexibility index (Phi) is 3.81. The van der Waals surface area contributed by atoms with Crippen molar-refractivity contribution in [2.24, 2.45) is 0 Å². The van der Waals surface area contributed by atoms with E-state index < -0.39 is 0 Å². The molecule has 0 aliphatic rings. The fraction of sp³-hybridized carbons (Fsp3) is 0.188. The minimum Gasteiger partial charge on any atom is -0.322 e. The van der Waals surface area contributed by atoms with Gasteiger partial charge in [0.1, 0.15) is 6.07 Å². The molecule has 0 saturated carbocycles. The molecular formula is C16H15N3O. The Labute approximate surface area is 118 Å². The summed E-state index contributed by atoms with van der Waals surface area (Å²) in [5.74, 6) is -0.319. The van der Waals surface area contributed by atoms with Gasteiger partial charge in [0.05, 0.1) is 11.1 Å². The number of carbonyl (C=O) groups excluding carboxylic acids is 1. The van der Waals surface area contributed by atoms with Gasteiger partial charge in [-0.25, -0.2) is 0 Å². The summed E-state index contributed by atoms with van der Waals surface area (Å²) in [4.78, 5) is 16.1. The van der Waals surface area contributed by atoms with Crippen LogP contribution in [0.25, 0.3) is 0 Å². The molecule has 0 spiro atoms. The second kappa shape index (κ2) is 5.54. The first-order valence-corrected chi connectivity index (χ1v) is 6.26. The molecule has 20 heavy (non-hydrogen) atoms. The van der Waals surface area contributed by atoms with Gasteiger partial charge < -0.3 is 5.32 Å². The fourth-order valence-electron chi connectivity index (χ4n) is 1.96. The maximum atomic E-state index is 12.2. The molecule has 0 fully saturated rings. The molecule has 0 radical (unpaired) electrons. The molecule has 0 unspecified atom stereocenters. The molecule has 4 nitrogen and oxygen atoms in total. The Hall–Kier alpha value is -2.67. The van der Waals surface area contributed by atoms with Crippen molar-refractivity contribution in [2.45, 2.75) is 20.8 Å². The third-order valence-corrected chi connectivity index (χ3v) is 3.28. The maximum Gasteiger partial charge on any atom is 0.258 e. The van der Waals surface area contributed by atoms with E-state index in [1.807, 2.05) is 39.0 Å². The summed E-state index contributed by atoms with van der Waals surface area (Å²) >= 11 is 0. The van der Waals surface area contributed by atoms with Crippen LogP contribution in [0.1, 0.15) is 32.6 Å². The van der Waals surface area contributed by atoms with Crippen LogP contribution < -0.4 is 5.32 Å². The van der Waals surface area contributed by atoms with Gasteiger partial charge in [0.15, 0.2) is 0 Å². The largest absolute Gasteiger partial charge is 0.322 e. The first-order valence-electron chi connectivity index (χ1n) is 6.26. The molecule has 2 rings (SSSR count). The summed E-state index contributed by atoms with van der Waals surface area (Å²) in [5, 5.41) is 11.8. The molecule has 4 heteroatoms. The van der Waals surface area contributed by atoms with E-state index in [4.69, 9.17) is 5.26 Å². The van der Waals surface area contributed by atoms with Crippen LogP contribution in [-0.2, 0) is 0 Å². The van der Waals surface area contributed by atoms with Crippen molar-refractivity contribution in [2.75, 3.05) is 5.32 Å². The number of nitrogens with zero attached hydrogens (tertiary/aromatic N) is 2. The molecular weight excluding hydrogens is 250 g/mol. The van der Waals surface area contributed by atoms with Gasteiger partial charge in [-0.3, -0.25) is 9.78 Å². The standard InChI is InChI=1S/C16H15N3O/c1-10-6-12(3)15(7-11(10)2)19-16(20)14-9-18-5-4-13(14)8-17/h4-7,9H,1-3H3,(H,19,20). The number of anilines is 1. The maximum absolute atomic E-state index is 12.2. The lowest BCUT2D eigenvalue weighted by atomic mass is 10.0. The van der Waals surface area contributed by atoms with E-state index in [-0.39, 0.29) is 11.5 Å². The van der Waals surface area contributed by atoms with Gasteiger partial charge in [0.2, 0.25) is 0 Å². The zero-order chi connectivity index (χ0) is 14.7. The summed E-state index contributed by atoms with van der Waals surface area (Å²) in [5.41, 5.74) is 4.64. The fourth-order valence-corrected chi connectivity index (χ4v) is 1.96. The lowest BCUT2D eigenvalue weighted by Crippen LogP contribution is -2.15. The number of carbonyl (C=O) groups is 1. The van der Waals surface area contributed by atoms with Gasteiger partial charge in [0, 0.05) is 18.1 Å². The molecule has 0 aliphatic heterocycles. The van der Waals surface area contributed by atoms with Crippen molar-refractivity contribution in [3.05, 3.63) is 58.4 Å². The second-order valence-corrected chi connectivity index (χ2v) is 4.74. The third-order valence-electron chi connectivity index (χ3n) is 3.28. The molecule has 100 valence electrons. The first kappa shape index (κ1) is 13.8. The Bertz CT molecular complexity index is 714. The highest BCUT2D eigenvalue weighted by molar-refractivity contribution is 6.06. The van der Waals surface area contributed by atoms with Gasteiger partial charge in [-0.2, -0.15) is 5.26 Å². The van der Waals surface area contributed by atoms with E-state index >= 15 is 0 Å². The van der Waals surface area contributed by atoms with Crippen molar-refractivity contribution >= 4 is 11.6 Å². The molecule has 1 heterocycles. The molecule has 0 atom stereocenters. The van der Waals surface area contributed by atoms with Gasteiger partial charge in [-0.05, 0) is 49.6 Å². The van der Waals surface area contributed by atoms with Crippen LogP contribution in [0.2, 0.25) is 0 Å². The van der Waals surface area contributed by atoms with Crippen LogP contribution in [0.5, 0.6) is 0 Å². The number of rotatable bonds is 2. The van der Waals surface area contributed by atoms with Crippen molar-refractivity contribution in [1.29, 1.82) is 5.26 Å². The third kappa shape index (κ3) is 2.67. The van der Waals surface area contributed by atoms with Gasteiger partial charge >= 0.3 is 0 Å². The van der Waals surface area contributed by atoms with E-state index in [1.54, 1.807) is 0 Å². The predicted molar refractivity (Wildman–Crippen MR) is 77.6 cm³/mol. The van der Waals surface area contributed by atoms with Gasteiger partial charge in [0.25, 0.3) is 5.91 Å². The summed E-state index contributed by atoms with van der Waals surface area (Å²) < 4.78 is 0. The van der Waals surface area contributed by atoms with Crippen molar-refractivity contribution in [3.8, 4) is 6.07 Å². The zero-order valence-corrected chi connectivity index (χ0v) is 11.7. The predicted octanol–water partition coefficient (Wildman–Crippen LogP) is 3.13. The zero-order valence-electron chi connectivity index (χ0n) is 11.7. The van der Waals surface area contributed by atoms with E-state index in [2.05, 4.69) is 10.3 Å². The Balaban J connectivity index is 2.33. The minimum atomic E-state index is -0.319. The topological polar surface area (TPSA) is 65.8 Å². The summed E-state index contributed by atoms with van der Waals surface area (Å²) in [6.07, 6.45) is 2.90. The molecule has 1 amide bonds. The smallest absolute Gasteiger partial charge is 0.258 e. The normalized spacial score (nSPS) is 9.90. The van der Waals surface area contributed by atoms with Crippen LogP contribution >= 0.6 is 0 Å². The van der Waals surface area contributed by atoms with Crippen LogP contribution in [0, 0.1) is 32.1 Å². The molecule has 1 aromatic carbocycles. The van der Waals surface area contributed by atoms with E-state index in [1.165, 1.54) is 24.0 Å². The average molecular weight is 265 g/mol. The molecule has 0 aliphatic carbocycles. The second-order valence-electron chi connectivity index (χ2n) is 4.74. The van der Waals surface area contributed by atoms with Crippen molar-refractivity contribution < 1.29 is 4.79 Å². The number of benzene rings is 1. The Morgan fingerprint density at radius 2 is 1.90 bits per heavy atom. The number of nitriles is 1. The van der Waals surface area contributed by atoms with E-state index in [9.17, 15) is 4.79 Å². The molecule has 1 N–H and O–H groups in total. The van der Waals surface area contributed by atoms with Crippen molar-refractivity contribution in [3.63, 3.8) is 0 Å². The van der Waals surface area contributed by atoms with Crippen LogP contribution in [0.4, 0.5) is 5.69 Å². The summed E-state index contributed by atoms with van der Waals surface area (Å²) in [6, 6.07) is 7.49. The quantitative estimate of drug-likeness (QED) is 0.907. The number of amides is 1. The molecule has 2 aromatic rings. The molecule has 0 bridgehead atoms. The molecule has 1 aromatic heterocycles. The van der Waals surface area contributed by atoms with Crippen LogP contribution in [0.15, 0.2) is 30.6 Å². The van der Waals surface area contributed by atoms with Crippen LogP contribution in [-0.4, -0.2) is 10.9 Å². The lowest BCUT2D eigenvalue weighted by Gasteiger charge is -2.11. The average Bonchev–Trinajstić information content (AvgIpc) is 2.44. The van der Waals surface area contributed by atoms with E-state index in [0.717, 1.165) is 16.8 Å². The Morgan fingerprint density at radius 3 is 2.60 bits per heavy atom. The number of aromatic nitrogens is 1. The highest BCUT2D eigenvalue weighted by atomic mass is 16.1. The van der Waals surface area contributed by atoms with Gasteiger partial charge in [-0.15, -0.1) is 0 Å². The summed E-state index contributed by atoms with van der Waals surface area (Å²) in [6.45, 7) is 5.97. The van der Waals surface area contributed by atoms with Crippen LogP contribution in [0.3, 0.4) is 0 Å². The van der Waals surface area contributed by atoms with Crippen molar-refractivity contribution in [1.82, 2.24) is 4.98 Å². The SMILES string of the molecule is Cc1cc(C)c(NC(=O)c2cnccc2C#N)cc1C. The number of aryl methyl sites for hydroxylation is 3. The monoisotopic (exact) mass is 265 g/mol. The highest BCUT2D eigenvalue weighted by Crippen LogP contribution is 2.21. The number of nitrogens with one attached hydrogen (secondary N) is 1. The highest BCUT2D eigenvalue weighted by Gasteiger charge is 2.13. The number of hydrogen-bond acceptors (Lipinski definition) is 3. The first-order chi connectivity index (χ1) is 9.52. The molecule has 0 saturated heterocycles. The Morgan fingerprint density at radius 1 is 1.20 bits per heavy atom.